The van der Waals surface area contributed by atoms with Gasteiger partial charge in [0.25, 0.3) is 5.91 Å². The number of pyridine rings is 1. The lowest BCUT2D eigenvalue weighted by atomic mass is 10.2. The first-order chi connectivity index (χ1) is 9.69. The SMILES string of the molecule is COc1ccc(Br)c(C(=O)N2Cc3cccnc3C2)c1. The Morgan fingerprint density at radius 3 is 2.95 bits per heavy atom. The van der Waals surface area contributed by atoms with Crippen LogP contribution in [0.1, 0.15) is 21.6 Å². The van der Waals surface area contributed by atoms with Crippen LogP contribution < -0.4 is 4.74 Å². The van der Waals surface area contributed by atoms with Gasteiger partial charge in [0.15, 0.2) is 0 Å². The fourth-order valence-corrected chi connectivity index (χ4v) is 2.73. The maximum atomic E-state index is 12.6. The number of benzene rings is 1. The van der Waals surface area contributed by atoms with Crippen LogP contribution in [0.4, 0.5) is 0 Å². The lowest BCUT2D eigenvalue weighted by Crippen LogP contribution is -2.25. The number of methoxy groups -OCH3 is 1. The third-order valence-corrected chi connectivity index (χ3v) is 4.07. The number of rotatable bonds is 2. The van der Waals surface area contributed by atoms with E-state index < -0.39 is 0 Å². The number of fused-ring (bicyclic) bond motifs is 1. The van der Waals surface area contributed by atoms with Gasteiger partial charge in [0.1, 0.15) is 5.75 Å². The van der Waals surface area contributed by atoms with Gasteiger partial charge >= 0.3 is 0 Å². The molecule has 1 amide bonds. The molecule has 0 radical (unpaired) electrons. The minimum Gasteiger partial charge on any atom is -0.497 e. The Balaban J connectivity index is 1.88. The molecule has 0 atom stereocenters. The van der Waals surface area contributed by atoms with Crippen molar-refractivity contribution in [3.8, 4) is 5.75 Å². The molecule has 0 saturated heterocycles. The van der Waals surface area contributed by atoms with E-state index in [0.717, 1.165) is 15.7 Å². The summed E-state index contributed by atoms with van der Waals surface area (Å²) >= 11 is 3.42. The molecule has 0 unspecified atom stereocenters. The van der Waals surface area contributed by atoms with Crippen molar-refractivity contribution in [1.82, 2.24) is 9.88 Å². The zero-order chi connectivity index (χ0) is 14.1. The summed E-state index contributed by atoms with van der Waals surface area (Å²) in [5.74, 6) is 0.653. The maximum absolute atomic E-state index is 12.6. The molecular formula is C15H13BrN2O2. The maximum Gasteiger partial charge on any atom is 0.255 e. The largest absolute Gasteiger partial charge is 0.497 e. The lowest BCUT2D eigenvalue weighted by molar-refractivity contribution is 0.0749. The first kappa shape index (κ1) is 13.1. The molecule has 20 heavy (non-hydrogen) atoms. The molecule has 2 aromatic rings. The van der Waals surface area contributed by atoms with Gasteiger partial charge in [-0.1, -0.05) is 6.07 Å². The van der Waals surface area contributed by atoms with E-state index in [2.05, 4.69) is 20.9 Å². The standard InChI is InChI=1S/C15H13BrN2O2/c1-20-11-4-5-13(16)12(7-11)15(19)18-8-10-3-2-6-17-14(10)9-18/h2-7H,8-9H2,1H3. The molecule has 0 saturated carbocycles. The Kier molecular flexibility index (Phi) is 3.44. The molecule has 0 spiro atoms. The fourth-order valence-electron chi connectivity index (χ4n) is 2.31. The van der Waals surface area contributed by atoms with Gasteiger partial charge in [-0.05, 0) is 45.8 Å². The zero-order valence-corrected chi connectivity index (χ0v) is 12.6. The molecule has 1 aliphatic heterocycles. The predicted molar refractivity (Wildman–Crippen MR) is 78.5 cm³/mol. The molecule has 4 nitrogen and oxygen atoms in total. The molecule has 0 N–H and O–H groups in total. The number of ether oxygens (including phenoxy) is 1. The molecule has 3 rings (SSSR count). The molecule has 1 aromatic heterocycles. The van der Waals surface area contributed by atoms with E-state index in [4.69, 9.17) is 4.74 Å². The molecule has 0 aliphatic carbocycles. The van der Waals surface area contributed by atoms with E-state index in [0.29, 0.717) is 24.4 Å². The highest BCUT2D eigenvalue weighted by Crippen LogP contribution is 2.27. The van der Waals surface area contributed by atoms with Crippen molar-refractivity contribution in [3.05, 3.63) is 57.8 Å². The molecule has 0 bridgehead atoms. The van der Waals surface area contributed by atoms with E-state index in [1.54, 1.807) is 24.3 Å². The highest BCUT2D eigenvalue weighted by Gasteiger charge is 2.26. The van der Waals surface area contributed by atoms with Crippen molar-refractivity contribution < 1.29 is 9.53 Å². The van der Waals surface area contributed by atoms with Gasteiger partial charge < -0.3 is 9.64 Å². The Morgan fingerprint density at radius 2 is 2.20 bits per heavy atom. The van der Waals surface area contributed by atoms with E-state index in [9.17, 15) is 4.79 Å². The van der Waals surface area contributed by atoms with Gasteiger partial charge in [-0.15, -0.1) is 0 Å². The molecule has 1 aliphatic rings. The molecule has 0 fully saturated rings. The van der Waals surface area contributed by atoms with Crippen LogP contribution in [0.15, 0.2) is 41.0 Å². The van der Waals surface area contributed by atoms with E-state index in [1.807, 2.05) is 24.3 Å². The van der Waals surface area contributed by atoms with Crippen molar-refractivity contribution >= 4 is 21.8 Å². The van der Waals surface area contributed by atoms with Gasteiger partial charge in [-0.25, -0.2) is 0 Å². The summed E-state index contributed by atoms with van der Waals surface area (Å²) < 4.78 is 5.95. The Morgan fingerprint density at radius 1 is 1.35 bits per heavy atom. The van der Waals surface area contributed by atoms with Gasteiger partial charge in [-0.3, -0.25) is 9.78 Å². The normalized spacial score (nSPS) is 13.2. The van der Waals surface area contributed by atoms with Crippen LogP contribution >= 0.6 is 15.9 Å². The first-order valence-electron chi connectivity index (χ1n) is 6.24. The second-order valence-corrected chi connectivity index (χ2v) is 5.47. The summed E-state index contributed by atoms with van der Waals surface area (Å²) in [5, 5.41) is 0. The van der Waals surface area contributed by atoms with Crippen LogP contribution in [-0.2, 0) is 13.1 Å². The van der Waals surface area contributed by atoms with E-state index >= 15 is 0 Å². The highest BCUT2D eigenvalue weighted by atomic mass is 79.9. The predicted octanol–water partition coefficient (Wildman–Crippen LogP) is 3.01. The number of aromatic nitrogens is 1. The highest BCUT2D eigenvalue weighted by molar-refractivity contribution is 9.10. The Bertz CT molecular complexity index is 648. The van der Waals surface area contributed by atoms with Crippen LogP contribution in [0, 0.1) is 0 Å². The zero-order valence-electron chi connectivity index (χ0n) is 11.0. The van der Waals surface area contributed by atoms with Crippen LogP contribution in [0.3, 0.4) is 0 Å². The number of nitrogens with zero attached hydrogens (tertiary/aromatic N) is 2. The van der Waals surface area contributed by atoms with Crippen molar-refractivity contribution in [2.75, 3.05) is 7.11 Å². The summed E-state index contributed by atoms with van der Waals surface area (Å²) in [6.45, 7) is 1.16. The average Bonchev–Trinajstić information content (AvgIpc) is 2.91. The number of hydrogen-bond donors (Lipinski definition) is 0. The molecule has 102 valence electrons. The van der Waals surface area contributed by atoms with Crippen LogP contribution in [0.5, 0.6) is 5.75 Å². The van der Waals surface area contributed by atoms with Gasteiger partial charge in [0, 0.05) is 17.2 Å². The molecule has 2 heterocycles. The summed E-state index contributed by atoms with van der Waals surface area (Å²) in [5.41, 5.74) is 2.69. The summed E-state index contributed by atoms with van der Waals surface area (Å²) in [4.78, 5) is 18.7. The van der Waals surface area contributed by atoms with Gasteiger partial charge in [0.2, 0.25) is 0 Å². The fraction of sp³-hybridized carbons (Fsp3) is 0.200. The third kappa shape index (κ3) is 2.29. The monoisotopic (exact) mass is 332 g/mol. The topological polar surface area (TPSA) is 42.4 Å². The third-order valence-electron chi connectivity index (χ3n) is 3.38. The molecule has 5 heteroatoms. The van der Waals surface area contributed by atoms with Crippen molar-refractivity contribution in [2.24, 2.45) is 0 Å². The number of hydrogen-bond acceptors (Lipinski definition) is 3. The van der Waals surface area contributed by atoms with Crippen molar-refractivity contribution in [2.45, 2.75) is 13.1 Å². The quantitative estimate of drug-likeness (QED) is 0.848. The number of halogens is 1. The molecule has 1 aromatic carbocycles. The minimum absolute atomic E-state index is 0.0197. The Hall–Kier alpha value is -1.88. The van der Waals surface area contributed by atoms with Crippen molar-refractivity contribution in [3.63, 3.8) is 0 Å². The second-order valence-electron chi connectivity index (χ2n) is 4.62. The van der Waals surface area contributed by atoms with Crippen LogP contribution in [-0.4, -0.2) is 22.9 Å². The number of carbonyl (C=O) groups excluding carboxylic acids is 1. The summed E-state index contributed by atoms with van der Waals surface area (Å²) in [6, 6.07) is 9.31. The Labute approximate surface area is 125 Å². The van der Waals surface area contributed by atoms with Gasteiger partial charge in [0.05, 0.1) is 24.9 Å². The smallest absolute Gasteiger partial charge is 0.255 e. The molecular weight excluding hydrogens is 320 g/mol. The first-order valence-corrected chi connectivity index (χ1v) is 7.04. The summed E-state index contributed by atoms with van der Waals surface area (Å²) in [7, 11) is 1.59. The van der Waals surface area contributed by atoms with Crippen molar-refractivity contribution in [1.29, 1.82) is 0 Å². The van der Waals surface area contributed by atoms with E-state index in [-0.39, 0.29) is 5.91 Å². The van der Waals surface area contributed by atoms with Crippen LogP contribution in [0.25, 0.3) is 0 Å². The lowest BCUT2D eigenvalue weighted by Gasteiger charge is -2.16. The minimum atomic E-state index is -0.0197. The van der Waals surface area contributed by atoms with Crippen LogP contribution in [0.2, 0.25) is 0 Å². The number of carbonyl (C=O) groups is 1. The summed E-state index contributed by atoms with van der Waals surface area (Å²) in [6.07, 6.45) is 1.76. The average molecular weight is 333 g/mol. The number of amides is 1. The van der Waals surface area contributed by atoms with Gasteiger partial charge in [-0.2, -0.15) is 0 Å². The second kappa shape index (κ2) is 5.25. The van der Waals surface area contributed by atoms with E-state index in [1.165, 1.54) is 0 Å².